The van der Waals surface area contributed by atoms with Gasteiger partial charge in [-0.2, -0.15) is 0 Å². The van der Waals surface area contributed by atoms with Crippen molar-refractivity contribution in [1.29, 1.82) is 0 Å². The lowest BCUT2D eigenvalue weighted by Crippen LogP contribution is -2.18. The first-order valence-corrected chi connectivity index (χ1v) is 4.40. The monoisotopic (exact) mass is 172 g/mol. The van der Waals surface area contributed by atoms with Gasteiger partial charge in [0.05, 0.1) is 12.3 Å². The van der Waals surface area contributed by atoms with E-state index in [0.29, 0.717) is 0 Å². The summed E-state index contributed by atoms with van der Waals surface area (Å²) in [6.07, 6.45) is 0. The van der Waals surface area contributed by atoms with Gasteiger partial charge < -0.3 is 10.4 Å². The molecule has 0 bridgehead atoms. The van der Waals surface area contributed by atoms with E-state index in [1.807, 2.05) is 19.2 Å². The molecule has 0 amide bonds. The molecule has 1 atom stereocenters. The molecular formula is C7H12N2OS. The number of aryl methyl sites for hydroxylation is 1. The molecule has 0 aliphatic heterocycles. The molecule has 1 aromatic rings. The van der Waals surface area contributed by atoms with E-state index in [2.05, 4.69) is 10.3 Å². The first-order chi connectivity index (χ1) is 5.22. The van der Waals surface area contributed by atoms with Crippen molar-refractivity contribution in [3.63, 3.8) is 0 Å². The Labute approximate surface area is 70.1 Å². The number of aromatic nitrogens is 1. The molecule has 0 saturated heterocycles. The molecule has 0 aliphatic carbocycles. The van der Waals surface area contributed by atoms with Crippen LogP contribution >= 0.6 is 11.3 Å². The minimum atomic E-state index is 0.0838. The van der Waals surface area contributed by atoms with Crippen molar-refractivity contribution < 1.29 is 5.11 Å². The van der Waals surface area contributed by atoms with Crippen LogP contribution in [0.25, 0.3) is 0 Å². The highest BCUT2D eigenvalue weighted by Crippen LogP contribution is 2.14. The highest BCUT2D eigenvalue weighted by atomic mass is 32.1. The van der Waals surface area contributed by atoms with Crippen LogP contribution in [0.1, 0.15) is 12.6 Å². The van der Waals surface area contributed by atoms with Gasteiger partial charge in [0.25, 0.3) is 0 Å². The van der Waals surface area contributed by atoms with Crippen molar-refractivity contribution in [1.82, 2.24) is 4.98 Å². The molecule has 0 spiro atoms. The van der Waals surface area contributed by atoms with E-state index in [0.717, 1.165) is 10.8 Å². The summed E-state index contributed by atoms with van der Waals surface area (Å²) in [5, 5.41) is 14.6. The normalized spacial score (nSPS) is 13.0. The maximum Gasteiger partial charge on any atom is 0.183 e. The molecule has 1 heterocycles. The van der Waals surface area contributed by atoms with Crippen LogP contribution in [-0.2, 0) is 0 Å². The molecule has 0 fully saturated rings. The zero-order chi connectivity index (χ0) is 8.27. The highest BCUT2D eigenvalue weighted by molar-refractivity contribution is 7.13. The molecule has 1 aromatic heterocycles. The molecule has 2 N–H and O–H groups in total. The topological polar surface area (TPSA) is 45.1 Å². The molecule has 4 heteroatoms. The molecule has 3 nitrogen and oxygen atoms in total. The lowest BCUT2D eigenvalue weighted by Gasteiger charge is -2.07. The predicted molar refractivity (Wildman–Crippen MR) is 47.0 cm³/mol. The van der Waals surface area contributed by atoms with Crippen LogP contribution in [0.2, 0.25) is 0 Å². The molecule has 0 radical (unpaired) electrons. The second-order valence-corrected chi connectivity index (χ2v) is 3.38. The average molecular weight is 172 g/mol. The minimum absolute atomic E-state index is 0.0838. The van der Waals surface area contributed by atoms with Gasteiger partial charge in [0.1, 0.15) is 0 Å². The lowest BCUT2D eigenvalue weighted by molar-refractivity contribution is 0.281. The van der Waals surface area contributed by atoms with Crippen LogP contribution in [0, 0.1) is 6.92 Å². The summed E-state index contributed by atoms with van der Waals surface area (Å²) >= 11 is 1.56. The highest BCUT2D eigenvalue weighted by Gasteiger charge is 2.01. The fourth-order valence-corrected chi connectivity index (χ4v) is 1.48. The maximum atomic E-state index is 8.72. The van der Waals surface area contributed by atoms with Gasteiger partial charge in [0.2, 0.25) is 0 Å². The number of hydrogen-bond acceptors (Lipinski definition) is 4. The standard InChI is InChI=1S/C7H12N2OS/c1-5(3-10)8-7-9-6(2)4-11-7/h4-5,10H,3H2,1-2H3,(H,8,9). The Morgan fingerprint density at radius 2 is 2.55 bits per heavy atom. The number of anilines is 1. The number of nitrogens with one attached hydrogen (secondary N) is 1. The summed E-state index contributed by atoms with van der Waals surface area (Å²) in [7, 11) is 0. The van der Waals surface area contributed by atoms with Gasteiger partial charge in [-0.05, 0) is 13.8 Å². The lowest BCUT2D eigenvalue weighted by atomic mass is 10.4. The number of thiazole rings is 1. The van der Waals surface area contributed by atoms with Gasteiger partial charge in [0, 0.05) is 11.4 Å². The predicted octanol–water partition coefficient (Wildman–Crippen LogP) is 1.24. The summed E-state index contributed by atoms with van der Waals surface area (Å²) in [5.74, 6) is 0. The fraction of sp³-hybridized carbons (Fsp3) is 0.571. The van der Waals surface area contributed by atoms with E-state index in [4.69, 9.17) is 5.11 Å². The Balaban J connectivity index is 2.50. The third-order valence-electron chi connectivity index (χ3n) is 1.26. The van der Waals surface area contributed by atoms with Crippen LogP contribution in [0.4, 0.5) is 5.13 Å². The fourth-order valence-electron chi connectivity index (χ4n) is 0.677. The molecule has 0 aromatic carbocycles. The summed E-state index contributed by atoms with van der Waals surface area (Å²) < 4.78 is 0. The Morgan fingerprint density at radius 1 is 1.82 bits per heavy atom. The van der Waals surface area contributed by atoms with E-state index in [-0.39, 0.29) is 12.6 Å². The number of aliphatic hydroxyl groups is 1. The van der Waals surface area contributed by atoms with E-state index in [1.54, 1.807) is 11.3 Å². The largest absolute Gasteiger partial charge is 0.394 e. The Kier molecular flexibility index (Phi) is 2.84. The number of nitrogens with zero attached hydrogens (tertiary/aromatic N) is 1. The Hall–Kier alpha value is -0.610. The second kappa shape index (κ2) is 3.69. The molecule has 0 saturated carbocycles. The van der Waals surface area contributed by atoms with E-state index < -0.39 is 0 Å². The van der Waals surface area contributed by atoms with E-state index >= 15 is 0 Å². The SMILES string of the molecule is Cc1csc(NC(C)CO)n1. The summed E-state index contributed by atoms with van der Waals surface area (Å²) in [6.45, 7) is 4.00. The molecule has 0 aliphatic rings. The summed E-state index contributed by atoms with van der Waals surface area (Å²) in [5.41, 5.74) is 1.02. The first-order valence-electron chi connectivity index (χ1n) is 3.52. The molecule has 1 rings (SSSR count). The maximum absolute atomic E-state index is 8.72. The van der Waals surface area contributed by atoms with Gasteiger partial charge in [-0.3, -0.25) is 0 Å². The van der Waals surface area contributed by atoms with Crippen LogP contribution in [0.5, 0.6) is 0 Å². The van der Waals surface area contributed by atoms with Gasteiger partial charge in [-0.25, -0.2) is 4.98 Å². The van der Waals surface area contributed by atoms with E-state index in [9.17, 15) is 0 Å². The van der Waals surface area contributed by atoms with Crippen molar-refractivity contribution in [3.8, 4) is 0 Å². The van der Waals surface area contributed by atoms with Gasteiger partial charge in [-0.1, -0.05) is 0 Å². The van der Waals surface area contributed by atoms with Gasteiger partial charge >= 0.3 is 0 Å². The average Bonchev–Trinajstić information content (AvgIpc) is 2.35. The van der Waals surface area contributed by atoms with Crippen molar-refractivity contribution in [3.05, 3.63) is 11.1 Å². The Morgan fingerprint density at radius 3 is 3.00 bits per heavy atom. The zero-order valence-corrected chi connectivity index (χ0v) is 7.48. The molecule has 11 heavy (non-hydrogen) atoms. The summed E-state index contributed by atoms with van der Waals surface area (Å²) in [4.78, 5) is 4.19. The minimum Gasteiger partial charge on any atom is -0.394 e. The van der Waals surface area contributed by atoms with Crippen LogP contribution in [-0.4, -0.2) is 22.7 Å². The van der Waals surface area contributed by atoms with Gasteiger partial charge in [0.15, 0.2) is 5.13 Å². The number of hydrogen-bond donors (Lipinski definition) is 2. The molecule has 1 unspecified atom stereocenters. The first kappa shape index (κ1) is 8.49. The van der Waals surface area contributed by atoms with Crippen molar-refractivity contribution in [2.75, 3.05) is 11.9 Å². The van der Waals surface area contributed by atoms with Gasteiger partial charge in [-0.15, -0.1) is 11.3 Å². The molecular weight excluding hydrogens is 160 g/mol. The summed E-state index contributed by atoms with van der Waals surface area (Å²) in [6, 6.07) is 0.0838. The van der Waals surface area contributed by atoms with Crippen LogP contribution in [0.15, 0.2) is 5.38 Å². The number of rotatable bonds is 3. The van der Waals surface area contributed by atoms with Crippen molar-refractivity contribution in [2.45, 2.75) is 19.9 Å². The zero-order valence-electron chi connectivity index (χ0n) is 6.66. The molecule has 62 valence electrons. The van der Waals surface area contributed by atoms with Crippen molar-refractivity contribution in [2.24, 2.45) is 0 Å². The smallest absolute Gasteiger partial charge is 0.183 e. The quantitative estimate of drug-likeness (QED) is 0.721. The van der Waals surface area contributed by atoms with Crippen LogP contribution in [0.3, 0.4) is 0 Å². The van der Waals surface area contributed by atoms with Crippen molar-refractivity contribution >= 4 is 16.5 Å². The third-order valence-corrected chi connectivity index (χ3v) is 2.15. The second-order valence-electron chi connectivity index (χ2n) is 2.52. The number of aliphatic hydroxyl groups excluding tert-OH is 1. The Bertz CT molecular complexity index is 224. The van der Waals surface area contributed by atoms with E-state index in [1.165, 1.54) is 0 Å². The van der Waals surface area contributed by atoms with Crippen LogP contribution < -0.4 is 5.32 Å². The third kappa shape index (κ3) is 2.48.